The maximum atomic E-state index is 13.6. The van der Waals surface area contributed by atoms with Crippen LogP contribution in [0.1, 0.15) is 36.8 Å². The summed E-state index contributed by atoms with van der Waals surface area (Å²) in [6, 6.07) is 8.12. The van der Waals surface area contributed by atoms with Crippen LogP contribution in [0.3, 0.4) is 0 Å². The molecule has 0 saturated carbocycles. The van der Waals surface area contributed by atoms with Crippen molar-refractivity contribution in [2.24, 2.45) is 0 Å². The Morgan fingerprint density at radius 1 is 1.35 bits per heavy atom. The van der Waals surface area contributed by atoms with Crippen LogP contribution in [0, 0.1) is 6.92 Å². The van der Waals surface area contributed by atoms with Crippen molar-refractivity contribution in [1.82, 2.24) is 9.55 Å². The molecule has 4 rings (SSSR count). The highest BCUT2D eigenvalue weighted by molar-refractivity contribution is 8.00. The number of aryl methyl sites for hydroxylation is 1. The zero-order valence-corrected chi connectivity index (χ0v) is 17.9. The SMILES string of the molecule is CCSc1nc2sc3c(c2c(=O)n1-c1cccc(C)c1)CC(C)(C)SC3. The summed E-state index contributed by atoms with van der Waals surface area (Å²) in [6.07, 6.45) is 0.929. The Kier molecular flexibility index (Phi) is 4.70. The molecule has 0 amide bonds. The summed E-state index contributed by atoms with van der Waals surface area (Å²) in [4.78, 5) is 20.7. The predicted molar refractivity (Wildman–Crippen MR) is 115 cm³/mol. The molecule has 0 saturated heterocycles. The lowest BCUT2D eigenvalue weighted by atomic mass is 10.00. The number of fused-ring (bicyclic) bond motifs is 3. The van der Waals surface area contributed by atoms with Crippen LogP contribution < -0.4 is 5.56 Å². The number of nitrogens with zero attached hydrogens (tertiary/aromatic N) is 2. The normalized spacial score (nSPS) is 16.0. The van der Waals surface area contributed by atoms with Gasteiger partial charge in [-0.2, -0.15) is 0 Å². The second-order valence-electron chi connectivity index (χ2n) is 7.22. The van der Waals surface area contributed by atoms with Crippen LogP contribution in [0.2, 0.25) is 0 Å². The van der Waals surface area contributed by atoms with E-state index < -0.39 is 0 Å². The topological polar surface area (TPSA) is 34.9 Å². The Morgan fingerprint density at radius 2 is 2.15 bits per heavy atom. The predicted octanol–water partition coefficient (Wildman–Crippen LogP) is 5.44. The van der Waals surface area contributed by atoms with Crippen LogP contribution in [-0.4, -0.2) is 20.1 Å². The highest BCUT2D eigenvalue weighted by Crippen LogP contribution is 2.44. The molecule has 2 aromatic heterocycles. The summed E-state index contributed by atoms with van der Waals surface area (Å²) >= 11 is 5.30. The Hall–Kier alpha value is -1.24. The quantitative estimate of drug-likeness (QED) is 0.432. The van der Waals surface area contributed by atoms with Crippen molar-refractivity contribution >= 4 is 45.1 Å². The van der Waals surface area contributed by atoms with Crippen molar-refractivity contribution in [3.63, 3.8) is 0 Å². The molecule has 0 spiro atoms. The zero-order valence-electron chi connectivity index (χ0n) is 15.5. The molecule has 26 heavy (non-hydrogen) atoms. The molecular weight excluding hydrogens is 380 g/mol. The zero-order chi connectivity index (χ0) is 18.5. The average Bonchev–Trinajstić information content (AvgIpc) is 2.92. The first kappa shape index (κ1) is 18.1. The molecule has 6 heteroatoms. The molecule has 0 aliphatic carbocycles. The van der Waals surface area contributed by atoms with E-state index in [1.807, 2.05) is 28.5 Å². The maximum Gasteiger partial charge on any atom is 0.267 e. The number of rotatable bonds is 3. The monoisotopic (exact) mass is 402 g/mol. The molecule has 0 atom stereocenters. The van der Waals surface area contributed by atoms with Gasteiger partial charge in [0.1, 0.15) is 4.83 Å². The fraction of sp³-hybridized carbons (Fsp3) is 0.400. The second-order valence-corrected chi connectivity index (χ2v) is 11.2. The highest BCUT2D eigenvalue weighted by Gasteiger charge is 2.31. The standard InChI is InChI=1S/C20H22N2OS3/c1-5-24-19-21-17-16(14-10-20(3,4)25-11-15(14)26-17)18(23)22(19)13-8-6-7-12(2)9-13/h6-9H,5,10-11H2,1-4H3. The van der Waals surface area contributed by atoms with Crippen molar-refractivity contribution in [2.45, 2.75) is 49.8 Å². The van der Waals surface area contributed by atoms with Crippen LogP contribution in [0.5, 0.6) is 0 Å². The van der Waals surface area contributed by atoms with Crippen molar-refractivity contribution in [1.29, 1.82) is 0 Å². The van der Waals surface area contributed by atoms with Gasteiger partial charge in [0.25, 0.3) is 5.56 Å². The van der Waals surface area contributed by atoms with Gasteiger partial charge in [0, 0.05) is 15.4 Å². The molecule has 3 heterocycles. The van der Waals surface area contributed by atoms with Gasteiger partial charge in [0.15, 0.2) is 5.16 Å². The number of hydrogen-bond donors (Lipinski definition) is 0. The van der Waals surface area contributed by atoms with E-state index in [4.69, 9.17) is 4.98 Å². The molecule has 0 fully saturated rings. The van der Waals surface area contributed by atoms with Gasteiger partial charge in [-0.05, 0) is 42.4 Å². The maximum absolute atomic E-state index is 13.6. The summed E-state index contributed by atoms with van der Waals surface area (Å²) < 4.78 is 1.98. The molecule has 3 aromatic rings. The van der Waals surface area contributed by atoms with E-state index in [2.05, 4.69) is 39.8 Å². The van der Waals surface area contributed by atoms with E-state index in [-0.39, 0.29) is 10.3 Å². The molecule has 1 aliphatic rings. The Bertz CT molecular complexity index is 1050. The Morgan fingerprint density at radius 3 is 2.88 bits per heavy atom. The van der Waals surface area contributed by atoms with Crippen molar-refractivity contribution in [2.75, 3.05) is 5.75 Å². The van der Waals surface area contributed by atoms with E-state index in [1.165, 1.54) is 10.4 Å². The minimum atomic E-state index is 0.0803. The number of hydrogen-bond acceptors (Lipinski definition) is 5. The van der Waals surface area contributed by atoms with Gasteiger partial charge in [-0.3, -0.25) is 9.36 Å². The van der Waals surface area contributed by atoms with Crippen molar-refractivity contribution in [3.8, 4) is 5.69 Å². The summed E-state index contributed by atoms with van der Waals surface area (Å²) in [5.74, 6) is 1.86. The van der Waals surface area contributed by atoms with Crippen LogP contribution in [0.25, 0.3) is 15.9 Å². The van der Waals surface area contributed by atoms with Gasteiger partial charge < -0.3 is 0 Å². The minimum Gasteiger partial charge on any atom is -0.268 e. The molecule has 1 aliphatic heterocycles. The molecule has 0 N–H and O–H groups in total. The van der Waals surface area contributed by atoms with E-state index in [1.54, 1.807) is 23.1 Å². The molecular formula is C20H22N2OS3. The van der Waals surface area contributed by atoms with E-state index in [9.17, 15) is 4.79 Å². The Balaban J connectivity index is 2.03. The summed E-state index contributed by atoms with van der Waals surface area (Å²) in [5.41, 5.74) is 3.36. The van der Waals surface area contributed by atoms with Crippen LogP contribution in [-0.2, 0) is 12.2 Å². The Labute approximate surface area is 166 Å². The largest absolute Gasteiger partial charge is 0.268 e. The number of aromatic nitrogens is 2. The van der Waals surface area contributed by atoms with E-state index in [0.717, 1.165) is 44.6 Å². The summed E-state index contributed by atoms with van der Waals surface area (Å²) in [6.45, 7) is 8.68. The highest BCUT2D eigenvalue weighted by atomic mass is 32.2. The van der Waals surface area contributed by atoms with Crippen LogP contribution >= 0.6 is 34.9 Å². The van der Waals surface area contributed by atoms with Crippen LogP contribution in [0.4, 0.5) is 0 Å². The van der Waals surface area contributed by atoms with Gasteiger partial charge >= 0.3 is 0 Å². The van der Waals surface area contributed by atoms with Gasteiger partial charge in [0.2, 0.25) is 0 Å². The second kappa shape index (κ2) is 6.73. The lowest BCUT2D eigenvalue weighted by molar-refractivity contribution is 0.698. The first-order valence-electron chi connectivity index (χ1n) is 8.81. The van der Waals surface area contributed by atoms with Crippen molar-refractivity contribution < 1.29 is 0 Å². The van der Waals surface area contributed by atoms with Crippen LogP contribution in [0.15, 0.2) is 34.2 Å². The first-order chi connectivity index (χ1) is 12.4. The minimum absolute atomic E-state index is 0.0803. The van der Waals surface area contributed by atoms with E-state index >= 15 is 0 Å². The average molecular weight is 403 g/mol. The number of benzene rings is 1. The lowest BCUT2D eigenvalue weighted by Crippen LogP contribution is -2.26. The fourth-order valence-electron chi connectivity index (χ4n) is 3.39. The fourth-order valence-corrected chi connectivity index (χ4v) is 6.51. The smallest absolute Gasteiger partial charge is 0.267 e. The lowest BCUT2D eigenvalue weighted by Gasteiger charge is -2.28. The molecule has 1 aromatic carbocycles. The summed E-state index contributed by atoms with van der Waals surface area (Å²) in [7, 11) is 0. The first-order valence-corrected chi connectivity index (χ1v) is 11.6. The number of thioether (sulfide) groups is 2. The molecule has 0 unspecified atom stereocenters. The molecule has 0 radical (unpaired) electrons. The molecule has 136 valence electrons. The third-order valence-corrected chi connectivity index (χ3v) is 8.10. The van der Waals surface area contributed by atoms with Gasteiger partial charge in [-0.15, -0.1) is 23.1 Å². The van der Waals surface area contributed by atoms with Gasteiger partial charge in [-0.25, -0.2) is 4.98 Å². The summed E-state index contributed by atoms with van der Waals surface area (Å²) in [5, 5.41) is 1.63. The van der Waals surface area contributed by atoms with E-state index in [0.29, 0.717) is 0 Å². The molecule has 3 nitrogen and oxygen atoms in total. The van der Waals surface area contributed by atoms with Crippen molar-refractivity contribution in [3.05, 3.63) is 50.6 Å². The number of thiophene rings is 1. The third kappa shape index (κ3) is 3.12. The third-order valence-electron chi connectivity index (χ3n) is 4.61. The van der Waals surface area contributed by atoms with Gasteiger partial charge in [0.05, 0.1) is 11.1 Å². The molecule has 0 bridgehead atoms. The van der Waals surface area contributed by atoms with Gasteiger partial charge in [-0.1, -0.05) is 44.7 Å².